The van der Waals surface area contributed by atoms with Gasteiger partial charge in [0.15, 0.2) is 0 Å². The fourth-order valence-electron chi connectivity index (χ4n) is 2.60. The van der Waals surface area contributed by atoms with Gasteiger partial charge in [0.05, 0.1) is 12.1 Å². The topological polar surface area (TPSA) is 47.0 Å². The second-order valence-electron chi connectivity index (χ2n) is 5.56. The van der Waals surface area contributed by atoms with Gasteiger partial charge in [-0.1, -0.05) is 24.1 Å². The van der Waals surface area contributed by atoms with Crippen molar-refractivity contribution in [2.75, 3.05) is 12.0 Å². The standard InChI is InChI=1S/C20H19N3O/c1-4-16-8-10-18(11-9-16)21-13-24-12-17-6-5-7-19-14(2)22-15(3)23-20(17)19/h1,5-11,21H,12-13H2,2-3H3. The number of nitrogens with one attached hydrogen (secondary N) is 1. The average molecular weight is 317 g/mol. The van der Waals surface area contributed by atoms with Crippen molar-refractivity contribution in [3.63, 3.8) is 0 Å². The summed E-state index contributed by atoms with van der Waals surface area (Å²) in [7, 11) is 0. The van der Waals surface area contributed by atoms with Gasteiger partial charge in [-0.25, -0.2) is 9.97 Å². The summed E-state index contributed by atoms with van der Waals surface area (Å²) in [6, 6.07) is 13.8. The normalized spacial score (nSPS) is 10.5. The minimum atomic E-state index is 0.412. The molecule has 24 heavy (non-hydrogen) atoms. The van der Waals surface area contributed by atoms with Crippen molar-refractivity contribution in [2.45, 2.75) is 20.5 Å². The van der Waals surface area contributed by atoms with E-state index in [1.807, 2.05) is 56.3 Å². The van der Waals surface area contributed by atoms with Gasteiger partial charge in [-0.05, 0) is 38.1 Å². The van der Waals surface area contributed by atoms with E-state index in [0.717, 1.165) is 39.2 Å². The van der Waals surface area contributed by atoms with Crippen molar-refractivity contribution in [1.82, 2.24) is 9.97 Å². The summed E-state index contributed by atoms with van der Waals surface area (Å²) >= 11 is 0. The lowest BCUT2D eigenvalue weighted by Gasteiger charge is -2.10. The Bertz CT molecular complexity index is 895. The molecule has 0 saturated carbocycles. The zero-order valence-corrected chi connectivity index (χ0v) is 13.8. The number of aromatic nitrogens is 2. The zero-order valence-electron chi connectivity index (χ0n) is 13.8. The van der Waals surface area contributed by atoms with Crippen LogP contribution in [0.5, 0.6) is 0 Å². The second kappa shape index (κ2) is 7.12. The fourth-order valence-corrected chi connectivity index (χ4v) is 2.60. The summed E-state index contributed by atoms with van der Waals surface area (Å²) in [6.45, 7) is 4.81. The van der Waals surface area contributed by atoms with Crippen LogP contribution < -0.4 is 5.32 Å². The molecule has 0 aliphatic rings. The van der Waals surface area contributed by atoms with E-state index in [0.29, 0.717) is 13.3 Å². The molecule has 0 fully saturated rings. The van der Waals surface area contributed by atoms with Crippen LogP contribution in [0.4, 0.5) is 5.69 Å². The molecule has 0 amide bonds. The van der Waals surface area contributed by atoms with E-state index >= 15 is 0 Å². The zero-order chi connectivity index (χ0) is 16.9. The van der Waals surface area contributed by atoms with Crippen LogP contribution in [0.2, 0.25) is 0 Å². The smallest absolute Gasteiger partial charge is 0.126 e. The number of nitrogens with zero attached hydrogens (tertiary/aromatic N) is 2. The number of anilines is 1. The van der Waals surface area contributed by atoms with Crippen molar-refractivity contribution in [3.05, 3.63) is 65.1 Å². The Kier molecular flexibility index (Phi) is 4.74. The number of benzene rings is 2. The number of aryl methyl sites for hydroxylation is 2. The van der Waals surface area contributed by atoms with Crippen LogP contribution in [-0.2, 0) is 11.3 Å². The fraction of sp³-hybridized carbons (Fsp3) is 0.200. The third-order valence-corrected chi connectivity index (χ3v) is 3.80. The van der Waals surface area contributed by atoms with Crippen LogP contribution in [0, 0.1) is 26.2 Å². The number of hydrogen-bond acceptors (Lipinski definition) is 4. The molecule has 2 aromatic carbocycles. The Balaban J connectivity index is 1.64. The molecule has 0 spiro atoms. The van der Waals surface area contributed by atoms with Crippen LogP contribution in [0.15, 0.2) is 42.5 Å². The van der Waals surface area contributed by atoms with Gasteiger partial charge in [0, 0.05) is 27.9 Å². The first-order chi connectivity index (χ1) is 11.7. The highest BCUT2D eigenvalue weighted by atomic mass is 16.5. The maximum absolute atomic E-state index is 5.76. The number of hydrogen-bond donors (Lipinski definition) is 1. The number of terminal acetylenes is 1. The monoisotopic (exact) mass is 317 g/mol. The third kappa shape index (κ3) is 3.53. The summed E-state index contributed by atoms with van der Waals surface area (Å²) in [6.07, 6.45) is 5.35. The van der Waals surface area contributed by atoms with Gasteiger partial charge in [-0.2, -0.15) is 0 Å². The summed E-state index contributed by atoms with van der Waals surface area (Å²) in [4.78, 5) is 8.98. The van der Waals surface area contributed by atoms with Crippen molar-refractivity contribution in [1.29, 1.82) is 0 Å². The predicted molar refractivity (Wildman–Crippen MR) is 96.7 cm³/mol. The Morgan fingerprint density at radius 1 is 1.08 bits per heavy atom. The van der Waals surface area contributed by atoms with Crippen LogP contribution >= 0.6 is 0 Å². The molecule has 3 rings (SSSR count). The summed E-state index contributed by atoms with van der Waals surface area (Å²) in [5.74, 6) is 3.37. The number of ether oxygens (including phenoxy) is 1. The predicted octanol–water partition coefficient (Wildman–Crippen LogP) is 3.81. The van der Waals surface area contributed by atoms with Crippen LogP contribution in [-0.4, -0.2) is 16.7 Å². The highest BCUT2D eigenvalue weighted by Gasteiger charge is 2.06. The number of rotatable bonds is 5. The minimum absolute atomic E-state index is 0.412. The van der Waals surface area contributed by atoms with Crippen molar-refractivity contribution < 1.29 is 4.74 Å². The van der Waals surface area contributed by atoms with Crippen LogP contribution in [0.3, 0.4) is 0 Å². The van der Waals surface area contributed by atoms with E-state index < -0.39 is 0 Å². The quantitative estimate of drug-likeness (QED) is 0.441. The minimum Gasteiger partial charge on any atom is -0.363 e. The molecule has 1 aromatic heterocycles. The summed E-state index contributed by atoms with van der Waals surface area (Å²) in [5.41, 5.74) is 4.85. The van der Waals surface area contributed by atoms with E-state index in [-0.39, 0.29) is 0 Å². The maximum atomic E-state index is 5.76. The maximum Gasteiger partial charge on any atom is 0.126 e. The molecule has 1 N–H and O–H groups in total. The Morgan fingerprint density at radius 3 is 2.62 bits per heavy atom. The summed E-state index contributed by atoms with van der Waals surface area (Å²) in [5, 5.41) is 4.28. The summed E-state index contributed by atoms with van der Waals surface area (Å²) < 4.78 is 5.76. The van der Waals surface area contributed by atoms with Gasteiger partial charge in [-0.3, -0.25) is 0 Å². The Labute approximate surface area is 141 Å². The SMILES string of the molecule is C#Cc1ccc(NCOCc2cccc3c(C)nc(C)nc23)cc1. The molecule has 0 aliphatic carbocycles. The van der Waals surface area contributed by atoms with Gasteiger partial charge >= 0.3 is 0 Å². The molecule has 0 atom stereocenters. The Morgan fingerprint density at radius 2 is 1.88 bits per heavy atom. The van der Waals surface area contributed by atoms with E-state index in [1.165, 1.54) is 0 Å². The molecule has 120 valence electrons. The molecule has 0 unspecified atom stereocenters. The van der Waals surface area contributed by atoms with Crippen LogP contribution in [0.25, 0.3) is 10.9 Å². The number of para-hydroxylation sites is 1. The molecule has 0 aliphatic heterocycles. The highest BCUT2D eigenvalue weighted by molar-refractivity contribution is 5.83. The first-order valence-corrected chi connectivity index (χ1v) is 7.78. The first-order valence-electron chi connectivity index (χ1n) is 7.78. The highest BCUT2D eigenvalue weighted by Crippen LogP contribution is 2.20. The molecular formula is C20H19N3O. The molecule has 1 heterocycles. The first kappa shape index (κ1) is 16.0. The molecule has 0 saturated heterocycles. The van der Waals surface area contributed by atoms with Gasteiger partial charge in [-0.15, -0.1) is 6.42 Å². The molecule has 0 radical (unpaired) electrons. The van der Waals surface area contributed by atoms with Gasteiger partial charge in [0.25, 0.3) is 0 Å². The molecule has 4 nitrogen and oxygen atoms in total. The lowest BCUT2D eigenvalue weighted by molar-refractivity contribution is 0.139. The molecule has 0 bridgehead atoms. The third-order valence-electron chi connectivity index (χ3n) is 3.80. The van der Waals surface area contributed by atoms with E-state index in [1.54, 1.807) is 0 Å². The van der Waals surface area contributed by atoms with E-state index in [2.05, 4.69) is 21.2 Å². The Hall–Kier alpha value is -2.90. The average Bonchev–Trinajstić information content (AvgIpc) is 2.59. The van der Waals surface area contributed by atoms with Crippen molar-refractivity contribution >= 4 is 16.6 Å². The lowest BCUT2D eigenvalue weighted by atomic mass is 10.1. The molecular weight excluding hydrogens is 298 g/mol. The van der Waals surface area contributed by atoms with Crippen molar-refractivity contribution in [2.24, 2.45) is 0 Å². The number of fused-ring (bicyclic) bond motifs is 1. The molecule has 3 aromatic rings. The van der Waals surface area contributed by atoms with Gasteiger partial charge in [0.2, 0.25) is 0 Å². The van der Waals surface area contributed by atoms with Crippen molar-refractivity contribution in [3.8, 4) is 12.3 Å². The van der Waals surface area contributed by atoms with Gasteiger partial charge in [0.1, 0.15) is 12.6 Å². The lowest BCUT2D eigenvalue weighted by Crippen LogP contribution is -2.07. The second-order valence-corrected chi connectivity index (χ2v) is 5.56. The van der Waals surface area contributed by atoms with E-state index in [4.69, 9.17) is 11.2 Å². The van der Waals surface area contributed by atoms with E-state index in [9.17, 15) is 0 Å². The molecule has 4 heteroatoms. The van der Waals surface area contributed by atoms with Gasteiger partial charge < -0.3 is 10.1 Å². The largest absolute Gasteiger partial charge is 0.363 e. The van der Waals surface area contributed by atoms with Crippen LogP contribution in [0.1, 0.15) is 22.6 Å².